The lowest BCUT2D eigenvalue weighted by molar-refractivity contribution is -0.103. The number of carbonyl (C=O) groups is 1. The Labute approximate surface area is 58.9 Å². The summed E-state index contributed by atoms with van der Waals surface area (Å²) in [6.45, 7) is 0. The Morgan fingerprint density at radius 1 is 1.50 bits per heavy atom. The van der Waals surface area contributed by atoms with Crippen molar-refractivity contribution >= 4 is 6.29 Å². The zero-order valence-corrected chi connectivity index (χ0v) is 5.24. The van der Waals surface area contributed by atoms with Gasteiger partial charge >= 0.3 is 0 Å². The first kappa shape index (κ1) is 6.50. The van der Waals surface area contributed by atoms with Crippen molar-refractivity contribution in [2.45, 2.75) is 0 Å². The molecule has 2 nitrogen and oxygen atoms in total. The fourth-order valence-corrected chi connectivity index (χ4v) is 0.540. The largest absolute Gasteiger partial charge is 0.289 e. The molecule has 48 valence electrons. The number of rotatable bonds is 0. The highest BCUT2D eigenvalue weighted by Crippen LogP contribution is 1.87. The summed E-state index contributed by atoms with van der Waals surface area (Å²) in [5.41, 5.74) is 0.620. The molecule has 0 bridgehead atoms. The summed E-state index contributed by atoms with van der Waals surface area (Å²) in [7, 11) is 0. The van der Waals surface area contributed by atoms with E-state index in [9.17, 15) is 4.79 Å². The van der Waals surface area contributed by atoms with Crippen molar-refractivity contribution in [1.82, 2.24) is 4.98 Å². The van der Waals surface area contributed by atoms with E-state index in [0.717, 1.165) is 0 Å². The molecule has 0 spiro atoms. The standard InChI is InChI=1S/C8H5NO/c10-7-3-5-8-4-1-2-6-9-8/h1-2,4,6-7H. The maximum atomic E-state index is 9.78. The smallest absolute Gasteiger partial charge is 0.193 e. The quantitative estimate of drug-likeness (QED) is 0.382. The average molecular weight is 131 g/mol. The van der Waals surface area contributed by atoms with E-state index in [1.54, 1.807) is 18.3 Å². The van der Waals surface area contributed by atoms with Crippen LogP contribution in [-0.2, 0) is 4.79 Å². The van der Waals surface area contributed by atoms with Gasteiger partial charge in [0.15, 0.2) is 6.29 Å². The fourth-order valence-electron chi connectivity index (χ4n) is 0.540. The molecule has 0 aliphatic carbocycles. The van der Waals surface area contributed by atoms with Gasteiger partial charge in [-0.3, -0.25) is 4.79 Å². The highest BCUT2D eigenvalue weighted by atomic mass is 16.1. The Bertz CT molecular complexity index is 268. The van der Waals surface area contributed by atoms with Gasteiger partial charge in [0.25, 0.3) is 0 Å². The van der Waals surface area contributed by atoms with Gasteiger partial charge in [0.2, 0.25) is 0 Å². The first-order valence-corrected chi connectivity index (χ1v) is 2.79. The maximum Gasteiger partial charge on any atom is 0.193 e. The van der Waals surface area contributed by atoms with Crippen LogP contribution in [-0.4, -0.2) is 11.3 Å². The monoisotopic (exact) mass is 131 g/mol. The molecule has 10 heavy (non-hydrogen) atoms. The molecular weight excluding hydrogens is 126 g/mol. The lowest BCUT2D eigenvalue weighted by Gasteiger charge is -1.82. The van der Waals surface area contributed by atoms with Crippen LogP contribution in [0.5, 0.6) is 0 Å². The molecule has 0 saturated carbocycles. The zero-order chi connectivity index (χ0) is 7.23. The molecule has 0 aromatic carbocycles. The number of pyridine rings is 1. The number of hydrogen-bond acceptors (Lipinski definition) is 2. The molecule has 1 rings (SSSR count). The van der Waals surface area contributed by atoms with Crippen LogP contribution in [0.2, 0.25) is 0 Å². The van der Waals surface area contributed by atoms with E-state index in [4.69, 9.17) is 0 Å². The minimum Gasteiger partial charge on any atom is -0.289 e. The molecule has 0 aliphatic heterocycles. The van der Waals surface area contributed by atoms with E-state index in [1.807, 2.05) is 6.07 Å². The van der Waals surface area contributed by atoms with Gasteiger partial charge in [0.05, 0.1) is 0 Å². The van der Waals surface area contributed by atoms with E-state index in [1.165, 1.54) is 0 Å². The predicted octanol–water partition coefficient (Wildman–Crippen LogP) is 0.632. The molecule has 0 saturated heterocycles. The predicted molar refractivity (Wildman–Crippen MR) is 37.2 cm³/mol. The third-order valence-electron chi connectivity index (χ3n) is 0.924. The van der Waals surface area contributed by atoms with Gasteiger partial charge in [0, 0.05) is 6.20 Å². The second kappa shape index (κ2) is 3.41. The highest BCUT2D eigenvalue weighted by Gasteiger charge is 1.80. The van der Waals surface area contributed by atoms with Crippen LogP contribution >= 0.6 is 0 Å². The van der Waals surface area contributed by atoms with Crippen molar-refractivity contribution in [3.63, 3.8) is 0 Å². The van der Waals surface area contributed by atoms with Crippen LogP contribution in [0.1, 0.15) is 5.69 Å². The summed E-state index contributed by atoms with van der Waals surface area (Å²) in [5, 5.41) is 0. The zero-order valence-electron chi connectivity index (χ0n) is 5.24. The first-order valence-electron chi connectivity index (χ1n) is 2.79. The highest BCUT2D eigenvalue weighted by molar-refractivity contribution is 5.73. The van der Waals surface area contributed by atoms with Crippen molar-refractivity contribution in [3.8, 4) is 11.8 Å². The van der Waals surface area contributed by atoms with Crippen LogP contribution in [0.3, 0.4) is 0 Å². The molecule has 0 atom stereocenters. The van der Waals surface area contributed by atoms with Crippen LogP contribution < -0.4 is 0 Å². The van der Waals surface area contributed by atoms with Gasteiger partial charge in [-0.25, -0.2) is 4.98 Å². The number of hydrogen-bond donors (Lipinski definition) is 0. The van der Waals surface area contributed by atoms with E-state index in [0.29, 0.717) is 12.0 Å². The third-order valence-corrected chi connectivity index (χ3v) is 0.924. The van der Waals surface area contributed by atoms with Gasteiger partial charge < -0.3 is 0 Å². The molecule has 1 aromatic heterocycles. The SMILES string of the molecule is O=CC#Cc1ccccn1. The molecule has 0 fully saturated rings. The second-order valence-corrected chi connectivity index (χ2v) is 1.60. The summed E-state index contributed by atoms with van der Waals surface area (Å²) in [6.07, 6.45) is 2.18. The minimum atomic E-state index is 0.550. The number of carbonyl (C=O) groups excluding carboxylic acids is 1. The fraction of sp³-hybridized carbons (Fsp3) is 0. The lowest BCUT2D eigenvalue weighted by Crippen LogP contribution is -1.77. The topological polar surface area (TPSA) is 30.0 Å². The molecular formula is C8H5NO. The van der Waals surface area contributed by atoms with Crippen molar-refractivity contribution in [3.05, 3.63) is 30.1 Å². The number of aromatic nitrogens is 1. The Balaban J connectivity index is 2.86. The molecule has 0 radical (unpaired) electrons. The molecule has 1 heterocycles. The van der Waals surface area contributed by atoms with Crippen molar-refractivity contribution in [2.24, 2.45) is 0 Å². The van der Waals surface area contributed by atoms with Crippen LogP contribution in [0, 0.1) is 11.8 Å². The number of nitrogens with zero attached hydrogens (tertiary/aromatic N) is 1. The Hall–Kier alpha value is -1.62. The summed E-state index contributed by atoms with van der Waals surface area (Å²) in [5.74, 6) is 4.84. The van der Waals surface area contributed by atoms with Gasteiger partial charge in [-0.05, 0) is 24.0 Å². The van der Waals surface area contributed by atoms with E-state index in [2.05, 4.69) is 16.8 Å². The van der Waals surface area contributed by atoms with Crippen molar-refractivity contribution in [1.29, 1.82) is 0 Å². The van der Waals surface area contributed by atoms with Crippen molar-refractivity contribution < 1.29 is 4.79 Å². The molecule has 0 N–H and O–H groups in total. The average Bonchev–Trinajstić information content (AvgIpc) is 2.03. The molecule has 0 amide bonds. The summed E-state index contributed by atoms with van der Waals surface area (Å²) < 4.78 is 0. The van der Waals surface area contributed by atoms with Gasteiger partial charge in [0.1, 0.15) is 5.69 Å². The van der Waals surface area contributed by atoms with Gasteiger partial charge in [-0.15, -0.1) is 0 Å². The molecule has 2 heteroatoms. The van der Waals surface area contributed by atoms with E-state index >= 15 is 0 Å². The Kier molecular flexibility index (Phi) is 2.22. The molecule has 0 aliphatic rings. The normalized spacial score (nSPS) is 7.60. The van der Waals surface area contributed by atoms with Crippen LogP contribution in [0.15, 0.2) is 24.4 Å². The molecule has 0 unspecified atom stereocenters. The Morgan fingerprint density at radius 3 is 3.00 bits per heavy atom. The lowest BCUT2D eigenvalue weighted by atomic mass is 10.3. The van der Waals surface area contributed by atoms with Gasteiger partial charge in [-0.2, -0.15) is 0 Å². The summed E-state index contributed by atoms with van der Waals surface area (Å²) in [6, 6.07) is 5.37. The second-order valence-electron chi connectivity index (χ2n) is 1.60. The summed E-state index contributed by atoms with van der Waals surface area (Å²) >= 11 is 0. The number of aldehydes is 1. The first-order chi connectivity index (χ1) is 4.93. The minimum absolute atomic E-state index is 0.550. The molecule has 1 aromatic rings. The van der Waals surface area contributed by atoms with Crippen LogP contribution in [0.25, 0.3) is 0 Å². The van der Waals surface area contributed by atoms with Crippen LogP contribution in [0.4, 0.5) is 0 Å². The van der Waals surface area contributed by atoms with E-state index < -0.39 is 0 Å². The van der Waals surface area contributed by atoms with Gasteiger partial charge in [-0.1, -0.05) is 6.07 Å². The van der Waals surface area contributed by atoms with Crippen molar-refractivity contribution in [2.75, 3.05) is 0 Å². The third kappa shape index (κ3) is 1.71. The Morgan fingerprint density at radius 2 is 2.40 bits per heavy atom. The summed E-state index contributed by atoms with van der Waals surface area (Å²) in [4.78, 5) is 13.7. The maximum absolute atomic E-state index is 9.78. The van der Waals surface area contributed by atoms with E-state index in [-0.39, 0.29) is 0 Å².